The van der Waals surface area contributed by atoms with Crippen molar-refractivity contribution in [1.29, 1.82) is 0 Å². The van der Waals surface area contributed by atoms with Crippen molar-refractivity contribution in [2.45, 2.75) is 84.7 Å². The molecule has 2 aliphatic rings. The van der Waals surface area contributed by atoms with Crippen LogP contribution in [0.5, 0.6) is 0 Å². The van der Waals surface area contributed by atoms with E-state index in [2.05, 4.69) is 0 Å². The van der Waals surface area contributed by atoms with Crippen LogP contribution in [-0.4, -0.2) is 52.6 Å². The van der Waals surface area contributed by atoms with Gasteiger partial charge in [0.05, 0.1) is 11.2 Å². The Morgan fingerprint density at radius 2 is 1.87 bits per heavy atom. The fourth-order valence-electron chi connectivity index (χ4n) is 3.78. The highest BCUT2D eigenvalue weighted by Gasteiger charge is 2.51. The number of hydrogen-bond donors (Lipinski definition) is 0. The summed E-state index contributed by atoms with van der Waals surface area (Å²) in [5.41, 5.74) is -0.755. The smallest absolute Gasteiger partial charge is 0.444 e. The Hall–Kier alpha value is -1.80. The number of likely N-dealkylation sites (tertiary alicyclic amines) is 1. The number of hydrogen-bond acceptors (Lipinski definition) is 5. The molecule has 3 heterocycles. The first-order chi connectivity index (χ1) is 13.8. The second-order valence-electron chi connectivity index (χ2n) is 10.5. The van der Waals surface area contributed by atoms with Crippen molar-refractivity contribution >= 4 is 18.7 Å². The zero-order valence-corrected chi connectivity index (χ0v) is 19.4. The fourth-order valence-corrected chi connectivity index (χ4v) is 3.78. The van der Waals surface area contributed by atoms with Crippen LogP contribution in [0, 0.1) is 5.92 Å². The minimum absolute atomic E-state index is 0.0865. The molecule has 0 aliphatic carbocycles. The number of nitrogens with zero attached hydrogens (tertiary/aromatic N) is 2. The third kappa shape index (κ3) is 5.09. The van der Waals surface area contributed by atoms with E-state index < -0.39 is 23.9 Å². The van der Waals surface area contributed by atoms with Crippen LogP contribution in [0.15, 0.2) is 23.1 Å². The van der Waals surface area contributed by atoms with Crippen LogP contribution in [0.25, 0.3) is 0 Å². The average molecular weight is 418 g/mol. The lowest BCUT2D eigenvalue weighted by Crippen LogP contribution is -2.44. The van der Waals surface area contributed by atoms with Gasteiger partial charge in [0.25, 0.3) is 0 Å². The fraction of sp³-hybridized carbons (Fsp3) is 0.727. The van der Waals surface area contributed by atoms with Gasteiger partial charge in [-0.3, -0.25) is 4.79 Å². The summed E-state index contributed by atoms with van der Waals surface area (Å²) >= 11 is 0. The predicted octanol–water partition coefficient (Wildman–Crippen LogP) is 2.79. The Kier molecular flexibility index (Phi) is 6.13. The lowest BCUT2D eigenvalue weighted by molar-refractivity contribution is 0.00578. The van der Waals surface area contributed by atoms with Gasteiger partial charge in [0.15, 0.2) is 0 Å². The van der Waals surface area contributed by atoms with Crippen molar-refractivity contribution in [1.82, 2.24) is 9.47 Å². The van der Waals surface area contributed by atoms with E-state index in [-0.39, 0.29) is 17.6 Å². The van der Waals surface area contributed by atoms with Gasteiger partial charge in [-0.1, -0.05) is 0 Å². The molecule has 1 atom stereocenters. The number of ether oxygens (including phenoxy) is 1. The summed E-state index contributed by atoms with van der Waals surface area (Å²) in [6.45, 7) is 15.4. The molecular formula is C22H35BN2O5. The molecule has 30 heavy (non-hydrogen) atoms. The van der Waals surface area contributed by atoms with E-state index in [1.165, 1.54) is 0 Å². The summed E-state index contributed by atoms with van der Waals surface area (Å²) in [7, 11) is -0.547. The quantitative estimate of drug-likeness (QED) is 0.707. The highest BCUT2D eigenvalue weighted by Crippen LogP contribution is 2.36. The molecule has 166 valence electrons. The first-order valence-electron chi connectivity index (χ1n) is 10.8. The molecule has 1 aromatic rings. The van der Waals surface area contributed by atoms with Crippen LogP contribution in [0.1, 0.15) is 61.3 Å². The maximum Gasteiger partial charge on any atom is 0.495 e. The standard InChI is InChI=1S/C22H35BN2O5/c1-20(2,3)28-19(27)25-11-8-9-16(15-25)14-24-12-10-17(13-18(24)26)23-29-21(4,5)22(6,7)30-23/h10,12-13,16H,8-9,11,14-15H2,1-7H3. The SMILES string of the molecule is CC(C)(C)OC(=O)N1CCCC(Cn2ccc(B3OC(C)(C)C(C)(C)O3)cc2=O)C1. The van der Waals surface area contributed by atoms with Gasteiger partial charge >= 0.3 is 13.2 Å². The summed E-state index contributed by atoms with van der Waals surface area (Å²) < 4.78 is 19.3. The Morgan fingerprint density at radius 3 is 2.43 bits per heavy atom. The van der Waals surface area contributed by atoms with E-state index in [0.717, 1.165) is 18.3 Å². The van der Waals surface area contributed by atoms with Crippen LogP contribution in [0.3, 0.4) is 0 Å². The minimum atomic E-state index is -0.547. The zero-order chi connectivity index (χ0) is 22.3. The van der Waals surface area contributed by atoms with E-state index in [1.807, 2.05) is 54.5 Å². The van der Waals surface area contributed by atoms with Gasteiger partial charge < -0.3 is 23.5 Å². The number of carbonyl (C=O) groups excluding carboxylic acids is 1. The number of pyridine rings is 1. The van der Waals surface area contributed by atoms with Gasteiger partial charge in [-0.15, -0.1) is 0 Å². The summed E-state index contributed by atoms with van der Waals surface area (Å²) in [5.74, 6) is 0.215. The lowest BCUT2D eigenvalue weighted by atomic mass is 9.80. The third-order valence-electron chi connectivity index (χ3n) is 6.17. The Bertz CT molecular complexity index is 827. The maximum atomic E-state index is 12.7. The second-order valence-corrected chi connectivity index (χ2v) is 10.5. The van der Waals surface area contributed by atoms with Crippen LogP contribution >= 0.6 is 0 Å². The summed E-state index contributed by atoms with van der Waals surface area (Å²) in [4.78, 5) is 26.9. The molecule has 2 aliphatic heterocycles. The molecule has 0 bridgehead atoms. The van der Waals surface area contributed by atoms with Crippen molar-refractivity contribution in [2.24, 2.45) is 5.92 Å². The molecule has 8 heteroatoms. The molecule has 2 fully saturated rings. The normalized spacial score (nSPS) is 23.5. The molecule has 3 rings (SSSR count). The van der Waals surface area contributed by atoms with E-state index in [4.69, 9.17) is 14.0 Å². The van der Waals surface area contributed by atoms with Gasteiger partial charge in [-0.05, 0) is 78.8 Å². The van der Waals surface area contributed by atoms with Gasteiger partial charge in [-0.2, -0.15) is 0 Å². The molecular weight excluding hydrogens is 383 g/mol. The Morgan fingerprint density at radius 1 is 1.23 bits per heavy atom. The van der Waals surface area contributed by atoms with E-state index in [1.54, 1.807) is 21.7 Å². The number of piperidine rings is 1. The molecule has 0 radical (unpaired) electrons. The topological polar surface area (TPSA) is 70.0 Å². The molecule has 1 amide bonds. The number of rotatable bonds is 3. The van der Waals surface area contributed by atoms with E-state index in [9.17, 15) is 9.59 Å². The van der Waals surface area contributed by atoms with Crippen molar-refractivity contribution in [3.05, 3.63) is 28.7 Å². The van der Waals surface area contributed by atoms with Gasteiger partial charge in [0.2, 0.25) is 5.56 Å². The number of carbonyl (C=O) groups is 1. The molecule has 1 unspecified atom stereocenters. The Balaban J connectivity index is 1.65. The summed E-state index contributed by atoms with van der Waals surface area (Å²) in [6.07, 6.45) is 3.40. The first kappa shape index (κ1) is 22.9. The molecule has 2 saturated heterocycles. The molecule has 0 N–H and O–H groups in total. The molecule has 0 spiro atoms. The number of aromatic nitrogens is 1. The van der Waals surface area contributed by atoms with E-state index >= 15 is 0 Å². The van der Waals surface area contributed by atoms with Crippen LogP contribution < -0.4 is 11.0 Å². The summed E-state index contributed by atoms with van der Waals surface area (Å²) in [5, 5.41) is 0. The van der Waals surface area contributed by atoms with Gasteiger partial charge in [0, 0.05) is 31.9 Å². The average Bonchev–Trinajstić information content (AvgIpc) is 2.83. The van der Waals surface area contributed by atoms with Crippen molar-refractivity contribution < 1.29 is 18.8 Å². The minimum Gasteiger partial charge on any atom is -0.444 e. The summed E-state index contributed by atoms with van der Waals surface area (Å²) in [6, 6.07) is 3.48. The maximum absolute atomic E-state index is 12.7. The largest absolute Gasteiger partial charge is 0.495 e. The van der Waals surface area contributed by atoms with Crippen molar-refractivity contribution in [3.8, 4) is 0 Å². The second kappa shape index (κ2) is 8.04. The zero-order valence-electron chi connectivity index (χ0n) is 19.4. The highest BCUT2D eigenvalue weighted by atomic mass is 16.7. The first-order valence-corrected chi connectivity index (χ1v) is 10.8. The van der Waals surface area contributed by atoms with Crippen LogP contribution in [-0.2, 0) is 20.6 Å². The van der Waals surface area contributed by atoms with Crippen molar-refractivity contribution in [3.63, 3.8) is 0 Å². The third-order valence-corrected chi connectivity index (χ3v) is 6.17. The van der Waals surface area contributed by atoms with Crippen LogP contribution in [0.2, 0.25) is 0 Å². The van der Waals surface area contributed by atoms with E-state index in [0.29, 0.717) is 19.6 Å². The predicted molar refractivity (Wildman–Crippen MR) is 117 cm³/mol. The molecule has 7 nitrogen and oxygen atoms in total. The molecule has 0 aromatic carbocycles. The molecule has 1 aromatic heterocycles. The van der Waals surface area contributed by atoms with Gasteiger partial charge in [0.1, 0.15) is 5.60 Å². The van der Waals surface area contributed by atoms with Gasteiger partial charge in [-0.25, -0.2) is 4.79 Å². The molecule has 0 saturated carbocycles. The Labute approximate surface area is 179 Å². The van der Waals surface area contributed by atoms with Crippen LogP contribution in [0.4, 0.5) is 4.79 Å². The highest BCUT2D eigenvalue weighted by molar-refractivity contribution is 6.62. The lowest BCUT2D eigenvalue weighted by Gasteiger charge is -2.34. The van der Waals surface area contributed by atoms with Crippen molar-refractivity contribution in [2.75, 3.05) is 13.1 Å². The monoisotopic (exact) mass is 418 g/mol. The number of amides is 1.